The number of hydrogen-bond acceptors (Lipinski definition) is 2. The number of rotatable bonds is 4. The molecule has 2 heteroatoms. The normalized spacial score (nSPS) is 13.5. The number of hydrogen-bond donors (Lipinski definition) is 1. The molecule has 0 fully saturated rings. The van der Waals surface area contributed by atoms with Gasteiger partial charge in [0.1, 0.15) is 0 Å². The molecule has 0 aliphatic rings. The summed E-state index contributed by atoms with van der Waals surface area (Å²) < 4.78 is 0. The molecular weight excluding hydrogens is 292 g/mol. The second-order valence-corrected chi connectivity index (χ2v) is 8.30. The van der Waals surface area contributed by atoms with Crippen molar-refractivity contribution in [1.82, 2.24) is 4.98 Å². The maximum Gasteiger partial charge on any atom is 0.0730 e. The summed E-state index contributed by atoms with van der Waals surface area (Å²) in [6, 6.07) is 14.6. The number of aryl methyl sites for hydroxylation is 1. The molecule has 0 saturated heterocycles. The second-order valence-electron chi connectivity index (χ2n) is 8.30. The predicted octanol–water partition coefficient (Wildman–Crippen LogP) is 5.98. The van der Waals surface area contributed by atoms with E-state index in [2.05, 4.69) is 52.0 Å². The van der Waals surface area contributed by atoms with Crippen molar-refractivity contribution in [3.8, 4) is 0 Å². The highest BCUT2D eigenvalue weighted by Gasteiger charge is 2.15. The Morgan fingerprint density at radius 2 is 1.71 bits per heavy atom. The van der Waals surface area contributed by atoms with Crippen LogP contribution in [-0.4, -0.2) is 4.98 Å². The smallest absolute Gasteiger partial charge is 0.0730 e. The van der Waals surface area contributed by atoms with E-state index < -0.39 is 0 Å². The summed E-state index contributed by atoms with van der Waals surface area (Å²) in [4.78, 5) is 4.74. The van der Waals surface area contributed by atoms with Crippen LogP contribution in [0.3, 0.4) is 0 Å². The van der Waals surface area contributed by atoms with Crippen LogP contribution in [0.15, 0.2) is 42.5 Å². The molecule has 1 atom stereocenters. The Bertz CT molecular complexity index is 859. The van der Waals surface area contributed by atoms with Gasteiger partial charge in [0.2, 0.25) is 0 Å². The van der Waals surface area contributed by atoms with Crippen molar-refractivity contribution in [2.24, 2.45) is 11.3 Å². The fourth-order valence-corrected chi connectivity index (χ4v) is 3.69. The summed E-state index contributed by atoms with van der Waals surface area (Å²) >= 11 is 0. The minimum Gasteiger partial charge on any atom is -0.398 e. The van der Waals surface area contributed by atoms with Gasteiger partial charge in [-0.05, 0) is 54.4 Å². The molecule has 0 aliphatic heterocycles. The molecule has 2 nitrogen and oxygen atoms in total. The lowest BCUT2D eigenvalue weighted by Gasteiger charge is -2.23. The predicted molar refractivity (Wildman–Crippen MR) is 105 cm³/mol. The number of nitrogen functional groups attached to an aromatic ring is 1. The van der Waals surface area contributed by atoms with Gasteiger partial charge >= 0.3 is 0 Å². The molecule has 24 heavy (non-hydrogen) atoms. The Hall–Kier alpha value is -2.09. The van der Waals surface area contributed by atoms with Crippen molar-refractivity contribution in [3.63, 3.8) is 0 Å². The number of fused-ring (bicyclic) bond motifs is 2. The van der Waals surface area contributed by atoms with E-state index >= 15 is 0 Å². The zero-order chi connectivity index (χ0) is 17.3. The highest BCUT2D eigenvalue weighted by Crippen LogP contribution is 2.30. The fourth-order valence-electron chi connectivity index (χ4n) is 3.69. The maximum atomic E-state index is 6.42. The molecule has 0 saturated carbocycles. The summed E-state index contributed by atoms with van der Waals surface area (Å²) in [6.07, 6.45) is 3.57. The van der Waals surface area contributed by atoms with Gasteiger partial charge < -0.3 is 5.73 Å². The highest BCUT2D eigenvalue weighted by atomic mass is 14.7. The van der Waals surface area contributed by atoms with E-state index in [-0.39, 0.29) is 0 Å². The van der Waals surface area contributed by atoms with E-state index in [0.717, 1.165) is 39.8 Å². The second kappa shape index (κ2) is 6.43. The number of nitrogens with two attached hydrogens (primary N) is 1. The molecule has 0 bridgehead atoms. The Balaban J connectivity index is 1.86. The maximum absolute atomic E-state index is 6.42. The Morgan fingerprint density at radius 1 is 1.00 bits per heavy atom. The number of anilines is 1. The van der Waals surface area contributed by atoms with Gasteiger partial charge in [0.05, 0.1) is 16.7 Å². The van der Waals surface area contributed by atoms with Gasteiger partial charge in [0, 0.05) is 10.8 Å². The van der Waals surface area contributed by atoms with E-state index in [9.17, 15) is 0 Å². The van der Waals surface area contributed by atoms with Gasteiger partial charge in [0.15, 0.2) is 0 Å². The van der Waals surface area contributed by atoms with Crippen LogP contribution in [0.5, 0.6) is 0 Å². The fraction of sp³-hybridized carbons (Fsp3) is 0.409. The molecule has 0 amide bonds. The van der Waals surface area contributed by atoms with Crippen LogP contribution in [-0.2, 0) is 6.42 Å². The van der Waals surface area contributed by atoms with Gasteiger partial charge in [0.25, 0.3) is 0 Å². The Morgan fingerprint density at radius 3 is 2.46 bits per heavy atom. The number of nitrogens with zero attached hydrogens (tertiary/aromatic N) is 1. The summed E-state index contributed by atoms with van der Waals surface area (Å²) in [5.74, 6) is 0.729. The number of benzene rings is 2. The van der Waals surface area contributed by atoms with E-state index in [0.29, 0.717) is 5.41 Å². The van der Waals surface area contributed by atoms with E-state index in [4.69, 9.17) is 10.7 Å². The lowest BCUT2D eigenvalue weighted by atomic mass is 9.83. The molecular formula is C22H28N2. The topological polar surface area (TPSA) is 38.9 Å². The molecule has 0 aliphatic carbocycles. The monoisotopic (exact) mass is 320 g/mol. The van der Waals surface area contributed by atoms with Crippen molar-refractivity contribution in [2.45, 2.75) is 47.0 Å². The minimum absolute atomic E-state index is 0.399. The summed E-state index contributed by atoms with van der Waals surface area (Å²) in [6.45, 7) is 9.31. The van der Waals surface area contributed by atoms with Gasteiger partial charge in [-0.25, -0.2) is 4.98 Å². The number of aromatic nitrogens is 1. The number of para-hydroxylation sites is 1. The van der Waals surface area contributed by atoms with Crippen LogP contribution in [0, 0.1) is 11.3 Å². The van der Waals surface area contributed by atoms with Crippen LogP contribution in [0.2, 0.25) is 0 Å². The molecule has 3 rings (SSSR count). The third kappa shape index (κ3) is 3.69. The van der Waals surface area contributed by atoms with Crippen molar-refractivity contribution in [1.29, 1.82) is 0 Å². The van der Waals surface area contributed by atoms with Crippen molar-refractivity contribution < 1.29 is 0 Å². The Labute approximate surface area is 145 Å². The number of pyridine rings is 1. The molecule has 1 heterocycles. The van der Waals surface area contributed by atoms with Crippen LogP contribution in [0.4, 0.5) is 5.69 Å². The molecule has 0 radical (unpaired) electrons. The summed E-state index contributed by atoms with van der Waals surface area (Å²) in [5.41, 5.74) is 11.0. The van der Waals surface area contributed by atoms with Crippen molar-refractivity contribution in [2.75, 3.05) is 5.73 Å². The van der Waals surface area contributed by atoms with Crippen LogP contribution >= 0.6 is 0 Å². The quantitative estimate of drug-likeness (QED) is 0.601. The average Bonchev–Trinajstić information content (AvgIpc) is 2.52. The zero-order valence-corrected chi connectivity index (χ0v) is 15.3. The average molecular weight is 320 g/mol. The molecule has 0 spiro atoms. The van der Waals surface area contributed by atoms with Gasteiger partial charge in [-0.3, -0.25) is 0 Å². The third-order valence-electron chi connectivity index (χ3n) is 4.67. The molecule has 2 aromatic carbocycles. The molecule has 3 aromatic rings. The van der Waals surface area contributed by atoms with Gasteiger partial charge in [-0.15, -0.1) is 0 Å². The van der Waals surface area contributed by atoms with E-state index in [1.807, 2.05) is 18.2 Å². The van der Waals surface area contributed by atoms with Crippen LogP contribution in [0.25, 0.3) is 21.8 Å². The largest absolute Gasteiger partial charge is 0.398 e. The molecule has 0 unspecified atom stereocenters. The van der Waals surface area contributed by atoms with Crippen LogP contribution in [0.1, 0.15) is 46.1 Å². The summed E-state index contributed by atoms with van der Waals surface area (Å²) in [7, 11) is 0. The standard InChI is InChI=1S/C22H28N2/c1-15(14-22(2,3)4)9-10-16-11-12-20-18(13-16)21(23)17-7-5-6-8-19(17)24-20/h5-8,11-13,15H,9-10,14H2,1-4H3,(H2,23,24)/t15-/m1/s1. The first-order valence-electron chi connectivity index (χ1n) is 8.90. The minimum atomic E-state index is 0.399. The molecule has 126 valence electrons. The highest BCUT2D eigenvalue weighted by molar-refractivity contribution is 6.06. The van der Waals surface area contributed by atoms with Gasteiger partial charge in [-0.2, -0.15) is 0 Å². The zero-order valence-electron chi connectivity index (χ0n) is 15.3. The first-order chi connectivity index (χ1) is 11.3. The first-order valence-corrected chi connectivity index (χ1v) is 8.90. The van der Waals surface area contributed by atoms with E-state index in [1.54, 1.807) is 0 Å². The molecule has 1 aromatic heterocycles. The Kier molecular flexibility index (Phi) is 4.49. The van der Waals surface area contributed by atoms with Crippen LogP contribution < -0.4 is 5.73 Å². The summed E-state index contributed by atoms with van der Waals surface area (Å²) in [5, 5.41) is 2.12. The third-order valence-corrected chi connectivity index (χ3v) is 4.67. The lowest BCUT2D eigenvalue weighted by molar-refractivity contribution is 0.297. The van der Waals surface area contributed by atoms with E-state index in [1.165, 1.54) is 18.4 Å². The lowest BCUT2D eigenvalue weighted by Crippen LogP contribution is -2.11. The SMILES string of the molecule is C[C@H](CCc1ccc2nc3ccccc3c(N)c2c1)CC(C)(C)C. The van der Waals surface area contributed by atoms with Crippen molar-refractivity contribution >= 4 is 27.5 Å². The first kappa shape index (κ1) is 16.8. The van der Waals surface area contributed by atoms with Crippen molar-refractivity contribution in [3.05, 3.63) is 48.0 Å². The molecule has 2 N–H and O–H groups in total. The van der Waals surface area contributed by atoms with Gasteiger partial charge in [-0.1, -0.05) is 52.0 Å².